The van der Waals surface area contributed by atoms with Gasteiger partial charge < -0.3 is 5.73 Å². The van der Waals surface area contributed by atoms with Gasteiger partial charge in [0.1, 0.15) is 0 Å². The third-order valence-corrected chi connectivity index (χ3v) is 5.97. The lowest BCUT2D eigenvalue weighted by Crippen LogP contribution is -2.40. The predicted molar refractivity (Wildman–Crippen MR) is 78.2 cm³/mol. The van der Waals surface area contributed by atoms with Crippen molar-refractivity contribution in [3.8, 4) is 0 Å². The molecule has 3 rings (SSSR count). The van der Waals surface area contributed by atoms with Gasteiger partial charge in [0.25, 0.3) is 0 Å². The second-order valence-electron chi connectivity index (χ2n) is 5.56. The number of halogens is 1. The molecule has 2 aliphatic rings. The largest absolute Gasteiger partial charge is 0.329 e. The molecule has 1 aromatic rings. The second-order valence-corrected chi connectivity index (χ2v) is 6.94. The van der Waals surface area contributed by atoms with E-state index in [0.29, 0.717) is 12.6 Å². The Hall–Kier alpha value is -0.0900. The lowest BCUT2D eigenvalue weighted by molar-refractivity contribution is 0.137. The number of nitrogens with zero attached hydrogens (tertiary/aromatic N) is 1. The number of nitrogens with two attached hydrogens (primary N) is 1. The first-order valence-corrected chi connectivity index (χ1v) is 8.25. The van der Waals surface area contributed by atoms with E-state index < -0.39 is 0 Å². The van der Waals surface area contributed by atoms with Crippen molar-refractivity contribution in [3.63, 3.8) is 0 Å². The molecular formula is C14H21ClN2S. The number of hydrogen-bond donors (Lipinski definition) is 1. The van der Waals surface area contributed by atoms with Crippen LogP contribution in [-0.4, -0.2) is 24.0 Å². The van der Waals surface area contributed by atoms with Gasteiger partial charge >= 0.3 is 0 Å². The fourth-order valence-corrected chi connectivity index (χ4v) is 4.96. The van der Waals surface area contributed by atoms with E-state index in [-0.39, 0.29) is 0 Å². The first kappa shape index (κ1) is 12.9. The molecule has 1 aliphatic carbocycles. The van der Waals surface area contributed by atoms with Crippen LogP contribution in [0.1, 0.15) is 43.0 Å². The molecule has 2 fully saturated rings. The summed E-state index contributed by atoms with van der Waals surface area (Å²) in [6.07, 6.45) is 6.96. The molecule has 0 aromatic carbocycles. The number of fused-ring (bicyclic) bond motifs is 1. The van der Waals surface area contributed by atoms with Crippen LogP contribution in [0.2, 0.25) is 5.02 Å². The fourth-order valence-electron chi connectivity index (χ4n) is 3.75. The Bertz CT molecular complexity index is 406. The lowest BCUT2D eigenvalue weighted by Gasteiger charge is -2.36. The van der Waals surface area contributed by atoms with E-state index in [9.17, 15) is 0 Å². The predicted octanol–water partition coefficient (Wildman–Crippen LogP) is 3.67. The molecule has 18 heavy (non-hydrogen) atoms. The Balaban J connectivity index is 1.79. The van der Waals surface area contributed by atoms with Crippen LogP contribution in [0.3, 0.4) is 0 Å². The minimum Gasteiger partial charge on any atom is -0.329 e. The van der Waals surface area contributed by atoms with Crippen LogP contribution in [0, 0.1) is 5.92 Å². The van der Waals surface area contributed by atoms with Gasteiger partial charge in [-0.2, -0.15) is 0 Å². The molecular weight excluding hydrogens is 264 g/mol. The van der Waals surface area contributed by atoms with Crippen molar-refractivity contribution < 1.29 is 0 Å². The molecule has 0 amide bonds. The van der Waals surface area contributed by atoms with Crippen molar-refractivity contribution >= 4 is 22.9 Å². The van der Waals surface area contributed by atoms with Crippen LogP contribution in [0.4, 0.5) is 0 Å². The summed E-state index contributed by atoms with van der Waals surface area (Å²) < 4.78 is 0. The number of hydrogen-bond acceptors (Lipinski definition) is 3. The van der Waals surface area contributed by atoms with Crippen LogP contribution in [-0.2, 0) is 0 Å². The Morgan fingerprint density at radius 1 is 1.39 bits per heavy atom. The lowest BCUT2D eigenvalue weighted by atomic mass is 9.85. The summed E-state index contributed by atoms with van der Waals surface area (Å²) in [5.74, 6) is 0.920. The smallest absolute Gasteiger partial charge is 0.0567 e. The van der Waals surface area contributed by atoms with Gasteiger partial charge in [0.2, 0.25) is 0 Å². The van der Waals surface area contributed by atoms with Crippen LogP contribution in [0.5, 0.6) is 0 Å². The molecule has 2 nitrogen and oxygen atoms in total. The normalized spacial score (nSPS) is 30.3. The van der Waals surface area contributed by atoms with Gasteiger partial charge in [0.15, 0.2) is 0 Å². The third kappa shape index (κ3) is 2.34. The number of thiophene rings is 1. The summed E-state index contributed by atoms with van der Waals surface area (Å²) in [5.41, 5.74) is 6.04. The summed E-state index contributed by atoms with van der Waals surface area (Å²) in [6.45, 7) is 1.92. The quantitative estimate of drug-likeness (QED) is 0.918. The highest BCUT2D eigenvalue weighted by Crippen LogP contribution is 2.41. The average molecular weight is 285 g/mol. The van der Waals surface area contributed by atoms with Gasteiger partial charge in [0, 0.05) is 22.8 Å². The zero-order valence-corrected chi connectivity index (χ0v) is 12.2. The molecule has 1 aliphatic heterocycles. The molecule has 2 heterocycles. The van der Waals surface area contributed by atoms with E-state index in [1.54, 1.807) is 11.3 Å². The zero-order chi connectivity index (χ0) is 12.5. The van der Waals surface area contributed by atoms with E-state index in [1.807, 2.05) is 5.38 Å². The summed E-state index contributed by atoms with van der Waals surface area (Å²) in [6, 6.07) is 3.25. The van der Waals surface area contributed by atoms with Gasteiger partial charge in [-0.1, -0.05) is 24.4 Å². The van der Waals surface area contributed by atoms with E-state index in [2.05, 4.69) is 11.0 Å². The molecule has 1 aromatic heterocycles. The Morgan fingerprint density at radius 2 is 2.22 bits per heavy atom. The average Bonchev–Trinajstić information content (AvgIpc) is 2.98. The first-order valence-electron chi connectivity index (χ1n) is 6.99. The third-order valence-electron chi connectivity index (χ3n) is 4.59. The zero-order valence-electron chi connectivity index (χ0n) is 10.6. The maximum Gasteiger partial charge on any atom is 0.0567 e. The van der Waals surface area contributed by atoms with Crippen molar-refractivity contribution in [2.24, 2.45) is 11.7 Å². The summed E-state index contributed by atoms with van der Waals surface area (Å²) in [4.78, 5) is 4.00. The minimum absolute atomic E-state index is 0.385. The molecule has 2 N–H and O–H groups in total. The summed E-state index contributed by atoms with van der Waals surface area (Å²) >= 11 is 7.81. The molecule has 100 valence electrons. The van der Waals surface area contributed by atoms with Crippen LogP contribution in [0.25, 0.3) is 0 Å². The van der Waals surface area contributed by atoms with E-state index in [1.165, 1.54) is 43.5 Å². The van der Waals surface area contributed by atoms with Gasteiger partial charge in [-0.3, -0.25) is 4.90 Å². The SMILES string of the molecule is NCC(c1cc(Cl)cs1)N1CCC2CCCCC21. The molecule has 3 atom stereocenters. The molecule has 3 unspecified atom stereocenters. The van der Waals surface area contributed by atoms with Crippen LogP contribution >= 0.6 is 22.9 Å². The Morgan fingerprint density at radius 3 is 2.94 bits per heavy atom. The molecule has 1 saturated heterocycles. The molecule has 1 saturated carbocycles. The van der Waals surface area contributed by atoms with Crippen molar-refractivity contribution in [1.82, 2.24) is 4.90 Å². The van der Waals surface area contributed by atoms with Gasteiger partial charge in [0.05, 0.1) is 11.1 Å². The number of likely N-dealkylation sites (tertiary alicyclic amines) is 1. The molecule has 4 heteroatoms. The Kier molecular flexibility index (Phi) is 3.94. The Labute approximate surface area is 118 Å². The van der Waals surface area contributed by atoms with Crippen molar-refractivity contribution in [1.29, 1.82) is 0 Å². The standard InChI is InChI=1S/C14H21ClN2S/c15-11-7-14(18-9-11)13(8-16)17-6-5-10-3-1-2-4-12(10)17/h7,9-10,12-13H,1-6,8,16H2. The van der Waals surface area contributed by atoms with Crippen molar-refractivity contribution in [2.75, 3.05) is 13.1 Å². The van der Waals surface area contributed by atoms with Crippen molar-refractivity contribution in [2.45, 2.75) is 44.2 Å². The molecule has 0 bridgehead atoms. The van der Waals surface area contributed by atoms with Crippen LogP contribution in [0.15, 0.2) is 11.4 Å². The molecule has 0 radical (unpaired) electrons. The van der Waals surface area contributed by atoms with Gasteiger partial charge in [-0.05, 0) is 37.8 Å². The topological polar surface area (TPSA) is 29.3 Å². The first-order chi connectivity index (χ1) is 8.79. The van der Waals surface area contributed by atoms with Gasteiger partial charge in [-0.15, -0.1) is 11.3 Å². The second kappa shape index (κ2) is 5.49. The maximum atomic E-state index is 6.06. The monoisotopic (exact) mass is 284 g/mol. The maximum absolute atomic E-state index is 6.06. The molecule has 0 spiro atoms. The fraction of sp³-hybridized carbons (Fsp3) is 0.714. The minimum atomic E-state index is 0.385. The summed E-state index contributed by atoms with van der Waals surface area (Å²) in [5, 5.41) is 2.88. The van der Waals surface area contributed by atoms with E-state index >= 15 is 0 Å². The highest BCUT2D eigenvalue weighted by Gasteiger charge is 2.39. The van der Waals surface area contributed by atoms with Crippen LogP contribution < -0.4 is 5.73 Å². The number of rotatable bonds is 3. The van der Waals surface area contributed by atoms with Gasteiger partial charge in [-0.25, -0.2) is 0 Å². The van der Waals surface area contributed by atoms with Crippen molar-refractivity contribution in [3.05, 3.63) is 21.3 Å². The highest BCUT2D eigenvalue weighted by atomic mass is 35.5. The highest BCUT2D eigenvalue weighted by molar-refractivity contribution is 7.10. The van der Waals surface area contributed by atoms with E-state index in [0.717, 1.165) is 17.0 Å². The van der Waals surface area contributed by atoms with E-state index in [4.69, 9.17) is 17.3 Å². The summed E-state index contributed by atoms with van der Waals surface area (Å²) in [7, 11) is 0.